The number of aliphatic hydroxyl groups is 1. The fourth-order valence-corrected chi connectivity index (χ4v) is 1.98. The van der Waals surface area contributed by atoms with E-state index in [-0.39, 0.29) is 5.56 Å². The fraction of sp³-hybridized carbons (Fsp3) is 0.250. The van der Waals surface area contributed by atoms with Gasteiger partial charge in [-0.2, -0.15) is 0 Å². The van der Waals surface area contributed by atoms with Crippen molar-refractivity contribution in [3.63, 3.8) is 0 Å². The van der Waals surface area contributed by atoms with Crippen molar-refractivity contribution in [3.05, 3.63) is 65.5 Å². The molecule has 0 amide bonds. The molecule has 1 atom stereocenters. The summed E-state index contributed by atoms with van der Waals surface area (Å²) in [5.74, 6) is 0.165. The molecule has 0 aromatic heterocycles. The molecule has 100 valence electrons. The Balaban J connectivity index is 2.18. The Hall–Kier alpha value is -1.87. The Morgan fingerprint density at radius 2 is 1.89 bits per heavy atom. The summed E-state index contributed by atoms with van der Waals surface area (Å²) in [6.07, 6.45) is -0.490. The van der Waals surface area contributed by atoms with Crippen molar-refractivity contribution in [2.45, 2.75) is 19.4 Å². The van der Waals surface area contributed by atoms with Crippen LogP contribution < -0.4 is 4.74 Å². The van der Waals surface area contributed by atoms with E-state index >= 15 is 0 Å². The summed E-state index contributed by atoms with van der Waals surface area (Å²) in [6, 6.07) is 14.0. The van der Waals surface area contributed by atoms with E-state index in [1.165, 1.54) is 6.07 Å². The summed E-state index contributed by atoms with van der Waals surface area (Å²) in [4.78, 5) is 0. The standard InChI is InChI=1S/C16H17FO2/c1-2-19-13-8-9-15(17)14(11-13)16(18)10-12-6-4-3-5-7-12/h3-9,11,16,18H,2,10H2,1H3. The van der Waals surface area contributed by atoms with E-state index in [0.717, 1.165) is 5.56 Å². The zero-order valence-corrected chi connectivity index (χ0v) is 10.8. The van der Waals surface area contributed by atoms with E-state index < -0.39 is 11.9 Å². The minimum Gasteiger partial charge on any atom is -0.494 e. The maximum absolute atomic E-state index is 13.7. The van der Waals surface area contributed by atoms with Gasteiger partial charge in [-0.3, -0.25) is 0 Å². The summed E-state index contributed by atoms with van der Waals surface area (Å²) >= 11 is 0. The number of halogens is 1. The van der Waals surface area contributed by atoms with Gasteiger partial charge in [0.05, 0.1) is 12.7 Å². The Morgan fingerprint density at radius 3 is 2.58 bits per heavy atom. The van der Waals surface area contributed by atoms with Crippen LogP contribution in [0, 0.1) is 5.82 Å². The number of rotatable bonds is 5. The van der Waals surface area contributed by atoms with Gasteiger partial charge in [0, 0.05) is 12.0 Å². The molecule has 0 aliphatic rings. The molecule has 0 bridgehead atoms. The lowest BCUT2D eigenvalue weighted by Gasteiger charge is -2.13. The van der Waals surface area contributed by atoms with Crippen molar-refractivity contribution in [1.82, 2.24) is 0 Å². The highest BCUT2D eigenvalue weighted by atomic mass is 19.1. The first-order chi connectivity index (χ1) is 9.20. The molecule has 19 heavy (non-hydrogen) atoms. The molecular weight excluding hydrogens is 243 g/mol. The summed E-state index contributed by atoms with van der Waals surface area (Å²) in [5, 5.41) is 10.2. The second kappa shape index (κ2) is 6.34. The molecule has 0 fully saturated rings. The van der Waals surface area contributed by atoms with Crippen molar-refractivity contribution in [2.24, 2.45) is 0 Å². The van der Waals surface area contributed by atoms with Crippen LogP contribution in [0.1, 0.15) is 24.2 Å². The monoisotopic (exact) mass is 260 g/mol. The molecule has 0 aliphatic carbocycles. The van der Waals surface area contributed by atoms with Gasteiger partial charge in [-0.1, -0.05) is 30.3 Å². The third-order valence-electron chi connectivity index (χ3n) is 2.91. The molecule has 0 spiro atoms. The third-order valence-corrected chi connectivity index (χ3v) is 2.91. The number of benzene rings is 2. The SMILES string of the molecule is CCOc1ccc(F)c(C(O)Cc2ccccc2)c1. The Bertz CT molecular complexity index is 526. The first-order valence-corrected chi connectivity index (χ1v) is 6.35. The van der Waals surface area contributed by atoms with Gasteiger partial charge in [-0.05, 0) is 30.7 Å². The lowest BCUT2D eigenvalue weighted by molar-refractivity contribution is 0.173. The van der Waals surface area contributed by atoms with E-state index in [4.69, 9.17) is 4.74 Å². The van der Waals surface area contributed by atoms with E-state index in [0.29, 0.717) is 18.8 Å². The number of ether oxygens (including phenoxy) is 1. The molecule has 0 heterocycles. The maximum atomic E-state index is 13.7. The molecule has 2 aromatic rings. The van der Waals surface area contributed by atoms with Gasteiger partial charge in [0.1, 0.15) is 11.6 Å². The highest BCUT2D eigenvalue weighted by Crippen LogP contribution is 2.25. The molecular formula is C16H17FO2. The Morgan fingerprint density at radius 1 is 1.16 bits per heavy atom. The van der Waals surface area contributed by atoms with Gasteiger partial charge >= 0.3 is 0 Å². The second-order valence-electron chi connectivity index (χ2n) is 4.32. The van der Waals surface area contributed by atoms with Gasteiger partial charge in [0.15, 0.2) is 0 Å². The summed E-state index contributed by atoms with van der Waals surface area (Å²) in [5.41, 5.74) is 1.24. The van der Waals surface area contributed by atoms with Crippen LogP contribution in [-0.2, 0) is 6.42 Å². The minimum atomic E-state index is -0.872. The Kier molecular flexibility index (Phi) is 4.53. The topological polar surface area (TPSA) is 29.5 Å². The average Bonchev–Trinajstić information content (AvgIpc) is 2.42. The van der Waals surface area contributed by atoms with Crippen LogP contribution in [0.5, 0.6) is 5.75 Å². The van der Waals surface area contributed by atoms with Gasteiger partial charge < -0.3 is 9.84 Å². The minimum absolute atomic E-state index is 0.273. The molecule has 1 N–H and O–H groups in total. The zero-order valence-electron chi connectivity index (χ0n) is 10.8. The lowest BCUT2D eigenvalue weighted by Crippen LogP contribution is -2.05. The second-order valence-corrected chi connectivity index (χ2v) is 4.32. The van der Waals surface area contributed by atoms with Crippen LogP contribution >= 0.6 is 0 Å². The van der Waals surface area contributed by atoms with E-state index in [2.05, 4.69) is 0 Å². The number of hydrogen-bond acceptors (Lipinski definition) is 2. The lowest BCUT2D eigenvalue weighted by atomic mass is 10.0. The average molecular weight is 260 g/mol. The molecule has 2 aromatic carbocycles. The summed E-state index contributed by atoms with van der Waals surface area (Å²) < 4.78 is 19.1. The fourth-order valence-electron chi connectivity index (χ4n) is 1.98. The van der Waals surface area contributed by atoms with Gasteiger partial charge in [0.25, 0.3) is 0 Å². The predicted octanol–water partition coefficient (Wildman–Crippen LogP) is 3.50. The van der Waals surface area contributed by atoms with Crippen LogP contribution in [-0.4, -0.2) is 11.7 Å². The van der Waals surface area contributed by atoms with Crippen molar-refractivity contribution in [1.29, 1.82) is 0 Å². The van der Waals surface area contributed by atoms with Crippen LogP contribution in [0.25, 0.3) is 0 Å². The van der Waals surface area contributed by atoms with Crippen molar-refractivity contribution < 1.29 is 14.2 Å². The van der Waals surface area contributed by atoms with Gasteiger partial charge in [-0.25, -0.2) is 4.39 Å². The van der Waals surface area contributed by atoms with Crippen LogP contribution in [0.15, 0.2) is 48.5 Å². The van der Waals surface area contributed by atoms with Gasteiger partial charge in [0.2, 0.25) is 0 Å². The molecule has 0 saturated heterocycles. The normalized spacial score (nSPS) is 12.2. The zero-order chi connectivity index (χ0) is 13.7. The first-order valence-electron chi connectivity index (χ1n) is 6.35. The first kappa shape index (κ1) is 13.6. The molecule has 0 radical (unpaired) electrons. The van der Waals surface area contributed by atoms with Crippen LogP contribution in [0.3, 0.4) is 0 Å². The summed E-state index contributed by atoms with van der Waals surface area (Å²) in [6.45, 7) is 2.38. The van der Waals surface area contributed by atoms with Crippen LogP contribution in [0.2, 0.25) is 0 Å². The molecule has 0 saturated carbocycles. The molecule has 1 unspecified atom stereocenters. The third kappa shape index (κ3) is 3.55. The quantitative estimate of drug-likeness (QED) is 0.891. The Labute approximate surface area is 112 Å². The molecule has 2 rings (SSSR count). The highest BCUT2D eigenvalue weighted by Gasteiger charge is 2.14. The van der Waals surface area contributed by atoms with E-state index in [1.54, 1.807) is 12.1 Å². The van der Waals surface area contributed by atoms with Crippen molar-refractivity contribution in [3.8, 4) is 5.75 Å². The van der Waals surface area contributed by atoms with Gasteiger partial charge in [-0.15, -0.1) is 0 Å². The highest BCUT2D eigenvalue weighted by molar-refractivity contribution is 5.32. The molecule has 2 nitrogen and oxygen atoms in total. The number of aliphatic hydroxyl groups excluding tert-OH is 1. The van der Waals surface area contributed by atoms with E-state index in [1.807, 2.05) is 37.3 Å². The predicted molar refractivity (Wildman–Crippen MR) is 72.7 cm³/mol. The summed E-state index contributed by atoms with van der Waals surface area (Å²) in [7, 11) is 0. The largest absolute Gasteiger partial charge is 0.494 e. The maximum Gasteiger partial charge on any atom is 0.129 e. The van der Waals surface area contributed by atoms with Crippen molar-refractivity contribution in [2.75, 3.05) is 6.61 Å². The van der Waals surface area contributed by atoms with Crippen molar-refractivity contribution >= 4 is 0 Å². The van der Waals surface area contributed by atoms with Crippen LogP contribution in [0.4, 0.5) is 4.39 Å². The molecule has 3 heteroatoms. The smallest absolute Gasteiger partial charge is 0.129 e. The van der Waals surface area contributed by atoms with E-state index in [9.17, 15) is 9.50 Å². The molecule has 0 aliphatic heterocycles. The number of hydrogen-bond donors (Lipinski definition) is 1.